The molecule has 8 nitrogen and oxygen atoms in total. The topological polar surface area (TPSA) is 114 Å². The summed E-state index contributed by atoms with van der Waals surface area (Å²) in [5, 5.41) is 14.7. The molecule has 8 heteroatoms. The molecule has 3 atom stereocenters. The number of rotatable bonds is 9. The first kappa shape index (κ1) is 24.7. The number of aliphatic carboxylic acids is 1. The average molecular weight is 481 g/mol. The number of nitrogens with one attached hydrogen (secondary N) is 2. The van der Waals surface area contributed by atoms with E-state index in [-0.39, 0.29) is 43.2 Å². The fraction of sp³-hybridized carbons (Fsp3) is 0.444. The van der Waals surface area contributed by atoms with Gasteiger partial charge in [-0.3, -0.25) is 9.59 Å². The Hall–Kier alpha value is -3.39. The van der Waals surface area contributed by atoms with Gasteiger partial charge in [0.25, 0.3) is 0 Å². The molecule has 2 amide bonds. The highest BCUT2D eigenvalue weighted by molar-refractivity contribution is 5.79. The van der Waals surface area contributed by atoms with E-state index in [1.54, 1.807) is 0 Å². The van der Waals surface area contributed by atoms with Crippen molar-refractivity contribution in [3.63, 3.8) is 0 Å². The van der Waals surface area contributed by atoms with E-state index in [1.165, 1.54) is 11.1 Å². The number of carboxylic acids is 1. The van der Waals surface area contributed by atoms with E-state index in [4.69, 9.17) is 14.6 Å². The second kappa shape index (κ2) is 11.4. The monoisotopic (exact) mass is 480 g/mol. The molecule has 2 unspecified atom stereocenters. The van der Waals surface area contributed by atoms with E-state index in [0.29, 0.717) is 26.1 Å². The number of fused-ring (bicyclic) bond motifs is 3. The van der Waals surface area contributed by atoms with Crippen LogP contribution in [0.2, 0.25) is 0 Å². The number of carbonyl (C=O) groups is 3. The van der Waals surface area contributed by atoms with Crippen molar-refractivity contribution in [2.24, 2.45) is 5.92 Å². The molecule has 2 aromatic carbocycles. The largest absolute Gasteiger partial charge is 0.481 e. The van der Waals surface area contributed by atoms with Crippen molar-refractivity contribution in [1.29, 1.82) is 0 Å². The van der Waals surface area contributed by atoms with Crippen molar-refractivity contribution in [3.05, 3.63) is 59.7 Å². The predicted octanol–water partition coefficient (Wildman–Crippen LogP) is 3.69. The third-order valence-electron chi connectivity index (χ3n) is 6.85. The molecule has 3 N–H and O–H groups in total. The summed E-state index contributed by atoms with van der Waals surface area (Å²) in [6, 6.07) is 15.7. The molecule has 0 spiro atoms. The highest BCUT2D eigenvalue weighted by atomic mass is 16.5. The van der Waals surface area contributed by atoms with E-state index >= 15 is 0 Å². The Morgan fingerprint density at radius 3 is 2.37 bits per heavy atom. The molecule has 0 radical (unpaired) electrons. The van der Waals surface area contributed by atoms with Gasteiger partial charge < -0.3 is 25.2 Å². The zero-order chi connectivity index (χ0) is 24.8. The SMILES string of the molecule is CC[C@H](CC(=O)O)NC(=O)CC1COCCC1NC(=O)OCC1c2ccccc2-c2ccccc21. The van der Waals surface area contributed by atoms with Crippen LogP contribution in [0.1, 0.15) is 49.7 Å². The molecule has 186 valence electrons. The van der Waals surface area contributed by atoms with E-state index in [2.05, 4.69) is 34.9 Å². The first-order chi connectivity index (χ1) is 17.0. The summed E-state index contributed by atoms with van der Waals surface area (Å²) >= 11 is 0. The molecular formula is C27H32N2O6. The molecule has 0 bridgehead atoms. The van der Waals surface area contributed by atoms with Crippen LogP contribution in [0.5, 0.6) is 0 Å². The fourth-order valence-corrected chi connectivity index (χ4v) is 5.01. The summed E-state index contributed by atoms with van der Waals surface area (Å²) in [4.78, 5) is 36.2. The van der Waals surface area contributed by atoms with Gasteiger partial charge in [0.15, 0.2) is 0 Å². The molecule has 2 aliphatic rings. The molecule has 1 saturated heterocycles. The molecule has 0 aromatic heterocycles. The van der Waals surface area contributed by atoms with E-state index in [1.807, 2.05) is 31.2 Å². The second-order valence-corrected chi connectivity index (χ2v) is 9.17. The van der Waals surface area contributed by atoms with Crippen molar-refractivity contribution in [2.45, 2.75) is 50.6 Å². The van der Waals surface area contributed by atoms with Crippen LogP contribution < -0.4 is 10.6 Å². The zero-order valence-electron chi connectivity index (χ0n) is 19.9. The number of carbonyl (C=O) groups excluding carboxylic acids is 2. The van der Waals surface area contributed by atoms with Crippen LogP contribution in [0.3, 0.4) is 0 Å². The van der Waals surface area contributed by atoms with Crippen LogP contribution in [0.15, 0.2) is 48.5 Å². The number of hydrogen-bond donors (Lipinski definition) is 3. The lowest BCUT2D eigenvalue weighted by Crippen LogP contribution is -2.48. The third kappa shape index (κ3) is 6.00. The highest BCUT2D eigenvalue weighted by Gasteiger charge is 2.32. The van der Waals surface area contributed by atoms with Crippen molar-refractivity contribution >= 4 is 18.0 Å². The lowest BCUT2D eigenvalue weighted by Gasteiger charge is -2.32. The molecule has 0 saturated carbocycles. The first-order valence-corrected chi connectivity index (χ1v) is 12.2. The average Bonchev–Trinajstić information content (AvgIpc) is 3.17. The normalized spacial score (nSPS) is 19.8. The third-order valence-corrected chi connectivity index (χ3v) is 6.85. The number of alkyl carbamates (subject to hydrolysis) is 1. The van der Waals surface area contributed by atoms with Crippen molar-refractivity contribution in [3.8, 4) is 11.1 Å². The van der Waals surface area contributed by atoms with Gasteiger partial charge in [0.1, 0.15) is 6.61 Å². The van der Waals surface area contributed by atoms with Gasteiger partial charge in [-0.25, -0.2) is 4.79 Å². The lowest BCUT2D eigenvalue weighted by molar-refractivity contribution is -0.137. The standard InChI is InChI=1S/C27H32N2O6/c1-2-18(14-26(31)32)28-25(30)13-17-15-34-12-11-24(17)29-27(33)35-16-23-21-9-5-3-7-19(21)20-8-4-6-10-22(20)23/h3-10,17-18,23-24H,2,11-16H2,1H3,(H,28,30)(H,29,33)(H,31,32)/t17?,18-,24?/m1/s1. The zero-order valence-corrected chi connectivity index (χ0v) is 19.9. The minimum absolute atomic E-state index is 0.0235. The molecule has 35 heavy (non-hydrogen) atoms. The van der Waals surface area contributed by atoms with Crippen molar-refractivity contribution in [2.75, 3.05) is 19.8 Å². The minimum Gasteiger partial charge on any atom is -0.481 e. The fourth-order valence-electron chi connectivity index (χ4n) is 5.01. The van der Waals surface area contributed by atoms with Crippen molar-refractivity contribution in [1.82, 2.24) is 10.6 Å². The Morgan fingerprint density at radius 1 is 1.09 bits per heavy atom. The van der Waals surface area contributed by atoms with Crippen molar-refractivity contribution < 1.29 is 29.0 Å². The Bertz CT molecular complexity index is 1030. The Labute approximate surface area is 205 Å². The van der Waals surface area contributed by atoms with Gasteiger partial charge in [-0.15, -0.1) is 0 Å². The summed E-state index contributed by atoms with van der Waals surface area (Å²) in [6.45, 7) is 2.89. The molecule has 1 fully saturated rings. The van der Waals surface area contributed by atoms with Gasteiger partial charge in [-0.05, 0) is 35.1 Å². The van der Waals surface area contributed by atoms with Gasteiger partial charge in [0.2, 0.25) is 5.91 Å². The highest BCUT2D eigenvalue weighted by Crippen LogP contribution is 2.44. The Morgan fingerprint density at radius 2 is 1.74 bits per heavy atom. The second-order valence-electron chi connectivity index (χ2n) is 9.17. The summed E-state index contributed by atoms with van der Waals surface area (Å²) in [5.74, 6) is -1.43. The number of ether oxygens (including phenoxy) is 2. The summed E-state index contributed by atoms with van der Waals surface area (Å²) in [5.41, 5.74) is 4.63. The number of hydrogen-bond acceptors (Lipinski definition) is 5. The quantitative estimate of drug-likeness (QED) is 0.504. The minimum atomic E-state index is -0.951. The molecule has 1 aliphatic carbocycles. The smallest absolute Gasteiger partial charge is 0.407 e. The van der Waals surface area contributed by atoms with Gasteiger partial charge >= 0.3 is 12.1 Å². The maximum Gasteiger partial charge on any atom is 0.407 e. The van der Waals surface area contributed by atoms with Crippen LogP contribution in [0.4, 0.5) is 4.79 Å². The van der Waals surface area contributed by atoms with E-state index in [0.717, 1.165) is 11.1 Å². The first-order valence-electron chi connectivity index (χ1n) is 12.2. The molecule has 1 aliphatic heterocycles. The summed E-state index contributed by atoms with van der Waals surface area (Å²) in [6.07, 6.45) is 0.617. The number of benzene rings is 2. The van der Waals surface area contributed by atoms with Gasteiger partial charge in [0.05, 0.1) is 13.0 Å². The molecule has 2 aromatic rings. The van der Waals surface area contributed by atoms with Crippen LogP contribution in [0.25, 0.3) is 11.1 Å². The maximum atomic E-state index is 12.7. The maximum absolute atomic E-state index is 12.7. The van der Waals surface area contributed by atoms with Gasteiger partial charge in [-0.1, -0.05) is 55.5 Å². The lowest BCUT2D eigenvalue weighted by atomic mass is 9.92. The Kier molecular flexibility index (Phi) is 8.02. The molecule has 1 heterocycles. The Balaban J connectivity index is 1.33. The van der Waals surface area contributed by atoms with Crippen LogP contribution in [-0.4, -0.2) is 55.0 Å². The van der Waals surface area contributed by atoms with Crippen LogP contribution in [0, 0.1) is 5.92 Å². The summed E-state index contributed by atoms with van der Waals surface area (Å²) < 4.78 is 11.2. The van der Waals surface area contributed by atoms with E-state index in [9.17, 15) is 14.4 Å². The van der Waals surface area contributed by atoms with Crippen LogP contribution >= 0.6 is 0 Å². The van der Waals surface area contributed by atoms with E-state index < -0.39 is 18.1 Å². The number of amides is 2. The summed E-state index contributed by atoms with van der Waals surface area (Å²) in [7, 11) is 0. The van der Waals surface area contributed by atoms with Gasteiger partial charge in [0, 0.05) is 36.9 Å². The molecule has 4 rings (SSSR count). The van der Waals surface area contributed by atoms with Gasteiger partial charge in [-0.2, -0.15) is 0 Å². The number of carboxylic acid groups (broad SMARTS) is 1. The predicted molar refractivity (Wildman–Crippen MR) is 130 cm³/mol. The van der Waals surface area contributed by atoms with Crippen LogP contribution in [-0.2, 0) is 19.1 Å². The molecular weight excluding hydrogens is 448 g/mol.